The zero-order valence-corrected chi connectivity index (χ0v) is 28.6. The van der Waals surface area contributed by atoms with Crippen molar-refractivity contribution in [2.75, 3.05) is 6.54 Å². The van der Waals surface area contributed by atoms with E-state index >= 15 is 0 Å². The molecule has 1 amide bonds. The molecule has 0 aromatic carbocycles. The highest BCUT2D eigenvalue weighted by Crippen LogP contribution is 2.34. The smallest absolute Gasteiger partial charge is 0.314 e. The molecule has 0 radical (unpaired) electrons. The van der Waals surface area contributed by atoms with Gasteiger partial charge in [-0.05, 0) is 103 Å². The maximum absolute atomic E-state index is 12.5. The summed E-state index contributed by atoms with van der Waals surface area (Å²) in [7, 11) is -5.75. The molecule has 10 heteroatoms. The van der Waals surface area contributed by atoms with Crippen molar-refractivity contribution >= 4 is 37.1 Å². The number of nitrogens with one attached hydrogen (secondary N) is 1. The zero-order chi connectivity index (χ0) is 29.0. The van der Waals surface area contributed by atoms with Crippen LogP contribution < -0.4 is 5.32 Å². The monoisotopic (exact) mass is 587 g/mol. The predicted octanol–water partition coefficient (Wildman–Crippen LogP) is 6.65. The number of carbonyl (C=O) groups is 2. The first-order valence-electron chi connectivity index (χ1n) is 14.7. The van der Waals surface area contributed by atoms with Crippen molar-refractivity contribution in [3.05, 3.63) is 12.2 Å². The van der Waals surface area contributed by atoms with Crippen LogP contribution in [0.2, 0.25) is 51.9 Å². The van der Waals surface area contributed by atoms with Gasteiger partial charge < -0.3 is 23.4 Å². The number of ether oxygens (including phenoxy) is 1. The fourth-order valence-electron chi connectivity index (χ4n) is 5.15. The first-order chi connectivity index (χ1) is 17.5. The molecule has 7 nitrogen and oxygen atoms in total. The minimum Gasteiger partial charge on any atom is -0.460 e. The molecule has 0 aliphatic heterocycles. The average Bonchev–Trinajstić information content (AvgIpc) is 2.75. The number of rotatable bonds is 18. The third-order valence-corrected chi connectivity index (χ3v) is 16.2. The van der Waals surface area contributed by atoms with E-state index in [2.05, 4.69) is 57.7 Å². The van der Waals surface area contributed by atoms with Crippen LogP contribution in [-0.2, 0) is 22.6 Å². The first-order valence-corrected chi connectivity index (χ1v) is 24.1. The molecule has 3 unspecified atom stereocenters. The van der Waals surface area contributed by atoms with Crippen LogP contribution in [0.15, 0.2) is 12.2 Å². The number of amides is 1. The van der Waals surface area contributed by atoms with Crippen molar-refractivity contribution < 1.29 is 27.7 Å². The van der Waals surface area contributed by atoms with Crippen LogP contribution >= 0.6 is 0 Å². The van der Waals surface area contributed by atoms with Crippen LogP contribution in [-0.4, -0.2) is 60.9 Å². The van der Waals surface area contributed by atoms with E-state index in [-0.39, 0.29) is 11.9 Å². The van der Waals surface area contributed by atoms with Gasteiger partial charge in [0, 0.05) is 18.5 Å². The number of aliphatic hydroxyl groups is 1. The molecule has 0 bridgehead atoms. The van der Waals surface area contributed by atoms with E-state index in [0.29, 0.717) is 30.9 Å². The summed E-state index contributed by atoms with van der Waals surface area (Å²) < 4.78 is 19.1. The molecular weight excluding hydrogens is 531 g/mol. The molecule has 1 rings (SSSR count). The Kier molecular flexibility index (Phi) is 15.3. The average molecular weight is 588 g/mol. The molecule has 0 aromatic rings. The lowest BCUT2D eigenvalue weighted by atomic mass is 9.84. The van der Waals surface area contributed by atoms with Gasteiger partial charge in [0.25, 0.3) is 0 Å². The third kappa shape index (κ3) is 16.3. The molecule has 0 heterocycles. The van der Waals surface area contributed by atoms with E-state index in [1.807, 2.05) is 0 Å². The lowest BCUT2D eigenvalue weighted by Crippen LogP contribution is -2.52. The summed E-state index contributed by atoms with van der Waals surface area (Å²) in [5, 5.41) is 13.4. The van der Waals surface area contributed by atoms with Crippen molar-refractivity contribution in [3.8, 4) is 0 Å². The van der Waals surface area contributed by atoms with Gasteiger partial charge in [0.05, 0.1) is 6.10 Å². The Morgan fingerprint density at radius 3 is 2.00 bits per heavy atom. The van der Waals surface area contributed by atoms with Gasteiger partial charge in [-0.2, -0.15) is 0 Å². The quantitative estimate of drug-likeness (QED) is 0.0807. The Morgan fingerprint density at radius 2 is 1.45 bits per heavy atom. The fraction of sp³-hybridized carbons (Fsp3) is 0.857. The number of hydrogen-bond acceptors (Lipinski definition) is 6. The van der Waals surface area contributed by atoms with Gasteiger partial charge in [-0.15, -0.1) is 0 Å². The molecule has 1 saturated carbocycles. The van der Waals surface area contributed by atoms with Gasteiger partial charge in [-0.25, -0.2) is 0 Å². The number of aliphatic hydroxyl groups excluding tert-OH is 1. The Balaban J connectivity index is 2.36. The van der Waals surface area contributed by atoms with Gasteiger partial charge in [-0.1, -0.05) is 32.3 Å². The normalized spacial score (nSPS) is 20.7. The van der Waals surface area contributed by atoms with Gasteiger partial charge >= 0.3 is 14.5 Å². The highest BCUT2D eigenvalue weighted by Gasteiger charge is 2.41. The standard InChI is InChI=1S/C28H57NO6Si3/c1-23(2)28(32)29-20-15-13-11-10-12-14-16-27(31)33-26-22-24(17-18-25(26)30)19-21-38(9,34-36(3,4)5)35-37(6,7)8/h24-26,30H,1,10-22H2,2-9H3,(H,29,32). The van der Waals surface area contributed by atoms with E-state index < -0.39 is 37.4 Å². The summed E-state index contributed by atoms with van der Waals surface area (Å²) in [5.74, 6) is 0.143. The van der Waals surface area contributed by atoms with Crippen LogP contribution in [0.1, 0.15) is 77.6 Å². The summed E-state index contributed by atoms with van der Waals surface area (Å²) in [6.07, 6.45) is 8.75. The van der Waals surface area contributed by atoms with Crippen molar-refractivity contribution in [1.29, 1.82) is 0 Å². The van der Waals surface area contributed by atoms with Crippen LogP contribution in [0, 0.1) is 5.92 Å². The van der Waals surface area contributed by atoms with Crippen molar-refractivity contribution in [2.45, 2.75) is 142 Å². The summed E-state index contributed by atoms with van der Waals surface area (Å²) in [6, 6.07) is 0.948. The van der Waals surface area contributed by atoms with Gasteiger partial charge in [0.2, 0.25) is 5.91 Å². The molecule has 0 saturated heterocycles. The first kappa shape index (κ1) is 35.2. The van der Waals surface area contributed by atoms with Gasteiger partial charge in [-0.3, -0.25) is 9.59 Å². The maximum Gasteiger partial charge on any atom is 0.314 e. The molecule has 0 aromatic heterocycles. The molecule has 1 aliphatic rings. The largest absolute Gasteiger partial charge is 0.460 e. The van der Waals surface area contributed by atoms with Crippen LogP contribution in [0.4, 0.5) is 0 Å². The number of carbonyl (C=O) groups excluding carboxylic acids is 2. The number of hydrogen-bond donors (Lipinski definition) is 2. The number of unbranched alkanes of at least 4 members (excludes halogenated alkanes) is 5. The highest BCUT2D eigenvalue weighted by atomic mass is 28.5. The summed E-state index contributed by atoms with van der Waals surface area (Å²) in [5.41, 5.74) is 0.539. The van der Waals surface area contributed by atoms with Crippen molar-refractivity contribution in [3.63, 3.8) is 0 Å². The Labute approximate surface area is 236 Å². The Morgan fingerprint density at radius 1 is 0.895 bits per heavy atom. The van der Waals surface area contributed by atoms with Gasteiger partial charge in [0.1, 0.15) is 6.10 Å². The van der Waals surface area contributed by atoms with E-state index in [0.717, 1.165) is 63.8 Å². The van der Waals surface area contributed by atoms with E-state index in [1.54, 1.807) is 6.92 Å². The lowest BCUT2D eigenvalue weighted by molar-refractivity contribution is -0.159. The second-order valence-electron chi connectivity index (χ2n) is 13.3. The molecular formula is C28H57NO6Si3. The molecule has 0 spiro atoms. The molecule has 2 N–H and O–H groups in total. The maximum atomic E-state index is 12.5. The summed E-state index contributed by atoms with van der Waals surface area (Å²) in [6.45, 7) is 21.6. The van der Waals surface area contributed by atoms with E-state index in [1.165, 1.54) is 0 Å². The van der Waals surface area contributed by atoms with Gasteiger partial charge in [0.15, 0.2) is 16.6 Å². The molecule has 3 atom stereocenters. The summed E-state index contributed by atoms with van der Waals surface area (Å²) >= 11 is 0. The third-order valence-electron chi connectivity index (χ3n) is 6.68. The second-order valence-corrected chi connectivity index (χ2v) is 26.1. The molecule has 38 heavy (non-hydrogen) atoms. The molecule has 222 valence electrons. The highest BCUT2D eigenvalue weighted by molar-refractivity contribution is 6.87. The lowest BCUT2D eigenvalue weighted by Gasteiger charge is -2.40. The summed E-state index contributed by atoms with van der Waals surface area (Å²) in [4.78, 5) is 23.9. The van der Waals surface area contributed by atoms with E-state index in [9.17, 15) is 14.7 Å². The van der Waals surface area contributed by atoms with Crippen LogP contribution in [0.25, 0.3) is 0 Å². The van der Waals surface area contributed by atoms with Crippen molar-refractivity contribution in [1.82, 2.24) is 5.32 Å². The Bertz CT molecular complexity index is 734. The minimum absolute atomic E-state index is 0.0784. The van der Waals surface area contributed by atoms with Crippen LogP contribution in [0.3, 0.4) is 0 Å². The minimum atomic E-state index is -2.29. The van der Waals surface area contributed by atoms with Crippen LogP contribution in [0.5, 0.6) is 0 Å². The zero-order valence-electron chi connectivity index (χ0n) is 25.6. The SMILES string of the molecule is C=C(C)C(=O)NCCCCCCCCC(=O)OC1CC(CC[Si](C)(O[Si](C)(C)C)O[Si](C)(C)C)CCC1O. The van der Waals surface area contributed by atoms with E-state index in [4.69, 9.17) is 13.0 Å². The predicted molar refractivity (Wildman–Crippen MR) is 163 cm³/mol. The fourth-order valence-corrected chi connectivity index (χ4v) is 17.8. The van der Waals surface area contributed by atoms with Crippen molar-refractivity contribution in [2.24, 2.45) is 5.92 Å². The molecule has 1 fully saturated rings. The molecule has 1 aliphatic carbocycles. The Hall–Kier alpha value is -0.789. The second kappa shape index (κ2) is 16.5. The topological polar surface area (TPSA) is 94.1 Å². The number of esters is 1.